The zero-order valence-corrected chi connectivity index (χ0v) is 18.5. The monoisotopic (exact) mass is 441 g/mol. The van der Waals surface area contributed by atoms with Crippen LogP contribution in [0.5, 0.6) is 11.6 Å². The van der Waals surface area contributed by atoms with Crippen LogP contribution in [0.3, 0.4) is 0 Å². The number of pyridine rings is 2. The smallest absolute Gasteiger partial charge is 0.321 e. The van der Waals surface area contributed by atoms with Crippen LogP contribution in [-0.2, 0) is 0 Å². The van der Waals surface area contributed by atoms with E-state index in [2.05, 4.69) is 38.4 Å². The molecule has 0 spiro atoms. The molecule has 7 nitrogen and oxygen atoms in total. The summed E-state index contributed by atoms with van der Waals surface area (Å²) in [6.45, 7) is 3.60. The van der Waals surface area contributed by atoms with Gasteiger partial charge in [0.2, 0.25) is 5.88 Å². The topological polar surface area (TPSA) is 70.6 Å². The molecule has 168 valence electrons. The highest BCUT2D eigenvalue weighted by atomic mass is 16.5. The summed E-state index contributed by atoms with van der Waals surface area (Å²) in [6.07, 6.45) is 10.4. The van der Waals surface area contributed by atoms with Crippen molar-refractivity contribution in [2.24, 2.45) is 0 Å². The minimum Gasteiger partial charge on any atom is -0.439 e. The molecule has 0 radical (unpaired) electrons. The first-order valence-electron chi connectivity index (χ1n) is 11.4. The Bertz CT molecular complexity index is 1120. The summed E-state index contributed by atoms with van der Waals surface area (Å²) in [6, 6.07) is 15.6. The van der Waals surface area contributed by atoms with E-state index in [1.54, 1.807) is 12.4 Å². The number of carbonyl (C=O) groups excluding carboxylic acids is 1. The molecule has 1 N–H and O–H groups in total. The molecule has 0 saturated carbocycles. The zero-order valence-electron chi connectivity index (χ0n) is 18.5. The van der Waals surface area contributed by atoms with Crippen molar-refractivity contribution < 1.29 is 9.53 Å². The van der Waals surface area contributed by atoms with Crippen molar-refractivity contribution in [3.8, 4) is 11.6 Å². The van der Waals surface area contributed by atoms with Crippen molar-refractivity contribution in [1.29, 1.82) is 0 Å². The molecule has 1 aromatic carbocycles. The largest absolute Gasteiger partial charge is 0.439 e. The van der Waals surface area contributed by atoms with Gasteiger partial charge in [-0.3, -0.25) is 4.98 Å². The van der Waals surface area contributed by atoms with E-state index in [1.165, 1.54) is 12.0 Å². The average Bonchev–Trinajstić information content (AvgIpc) is 2.81. The van der Waals surface area contributed by atoms with Gasteiger partial charge in [-0.05, 0) is 55.2 Å². The van der Waals surface area contributed by atoms with Gasteiger partial charge in [0, 0.05) is 38.4 Å². The molecule has 2 amide bonds. The summed E-state index contributed by atoms with van der Waals surface area (Å²) < 4.78 is 5.97. The van der Waals surface area contributed by atoms with Gasteiger partial charge in [0.1, 0.15) is 5.75 Å². The van der Waals surface area contributed by atoms with Crippen molar-refractivity contribution in [2.75, 3.05) is 36.4 Å². The number of nitrogens with zero attached hydrogens (tertiary/aromatic N) is 4. The molecule has 0 atom stereocenters. The molecule has 0 aliphatic carbocycles. The Morgan fingerprint density at radius 1 is 1.00 bits per heavy atom. The fraction of sp³-hybridized carbons (Fsp3) is 0.269. The number of nitrogens with one attached hydrogen (secondary N) is 1. The third-order valence-electron chi connectivity index (χ3n) is 6.00. The molecule has 2 aliphatic rings. The fourth-order valence-electron chi connectivity index (χ4n) is 4.00. The maximum Gasteiger partial charge on any atom is 0.321 e. The van der Waals surface area contributed by atoms with E-state index in [9.17, 15) is 4.79 Å². The van der Waals surface area contributed by atoms with E-state index in [-0.39, 0.29) is 6.03 Å². The normalized spacial score (nSPS) is 15.6. The van der Waals surface area contributed by atoms with Crippen molar-refractivity contribution in [2.45, 2.75) is 19.3 Å². The second-order valence-corrected chi connectivity index (χ2v) is 8.33. The Hall–Kier alpha value is -3.87. The molecule has 2 aromatic heterocycles. The van der Waals surface area contributed by atoms with Crippen LogP contribution in [0.15, 0.2) is 72.7 Å². The quantitative estimate of drug-likeness (QED) is 0.590. The van der Waals surface area contributed by atoms with Crippen molar-refractivity contribution in [3.05, 3.63) is 78.3 Å². The lowest BCUT2D eigenvalue weighted by Crippen LogP contribution is -2.39. The highest BCUT2D eigenvalue weighted by Crippen LogP contribution is 2.26. The van der Waals surface area contributed by atoms with E-state index in [0.29, 0.717) is 24.7 Å². The van der Waals surface area contributed by atoms with E-state index in [4.69, 9.17) is 4.74 Å². The number of amides is 2. The second-order valence-electron chi connectivity index (χ2n) is 8.33. The molecular weight excluding hydrogens is 414 g/mol. The molecular formula is C26H27N5O2. The van der Waals surface area contributed by atoms with Crippen LogP contribution in [0.4, 0.5) is 16.2 Å². The number of benzene rings is 1. The minimum absolute atomic E-state index is 0.0786. The first-order chi connectivity index (χ1) is 16.2. The fourth-order valence-corrected chi connectivity index (χ4v) is 4.00. The Labute approximate surface area is 193 Å². The summed E-state index contributed by atoms with van der Waals surface area (Å²) in [5.41, 5.74) is 4.28. The van der Waals surface area contributed by atoms with E-state index < -0.39 is 0 Å². The first kappa shape index (κ1) is 21.0. The lowest BCUT2D eigenvalue weighted by molar-refractivity contribution is 0.208. The third kappa shape index (κ3) is 5.31. The molecule has 0 bridgehead atoms. The predicted octanol–water partition coefficient (Wildman–Crippen LogP) is 5.19. The number of rotatable bonds is 5. The summed E-state index contributed by atoms with van der Waals surface area (Å²) >= 11 is 0. The number of hydrogen-bond acceptors (Lipinski definition) is 5. The molecule has 3 aromatic rings. The summed E-state index contributed by atoms with van der Waals surface area (Å²) in [4.78, 5) is 25.1. The van der Waals surface area contributed by atoms with Crippen LogP contribution < -0.4 is 15.0 Å². The van der Waals surface area contributed by atoms with Gasteiger partial charge in [0.25, 0.3) is 0 Å². The van der Waals surface area contributed by atoms with Gasteiger partial charge in [-0.2, -0.15) is 0 Å². The SMILES string of the molecule is O=C(Nc1cccnc1)N1CCC(=Cc2cccc(Oc3ccc(N4CCC4)cn3)c2)CC1. The van der Waals surface area contributed by atoms with Crippen molar-refractivity contribution in [3.63, 3.8) is 0 Å². The van der Waals surface area contributed by atoms with Crippen LogP contribution in [-0.4, -0.2) is 47.1 Å². The second kappa shape index (κ2) is 9.73. The predicted molar refractivity (Wildman–Crippen MR) is 130 cm³/mol. The molecule has 2 saturated heterocycles. The molecule has 33 heavy (non-hydrogen) atoms. The van der Waals surface area contributed by atoms with Gasteiger partial charge < -0.3 is 19.9 Å². The highest BCUT2D eigenvalue weighted by Gasteiger charge is 2.19. The minimum atomic E-state index is -0.0786. The molecule has 2 fully saturated rings. The van der Waals surface area contributed by atoms with Crippen LogP contribution in [0.1, 0.15) is 24.8 Å². The highest BCUT2D eigenvalue weighted by molar-refractivity contribution is 5.89. The van der Waals surface area contributed by atoms with Crippen molar-refractivity contribution >= 4 is 23.5 Å². The van der Waals surface area contributed by atoms with Gasteiger partial charge in [-0.15, -0.1) is 0 Å². The molecule has 5 rings (SSSR count). The maximum atomic E-state index is 12.5. The van der Waals surface area contributed by atoms with Crippen LogP contribution in [0.25, 0.3) is 6.08 Å². The number of likely N-dealkylation sites (tertiary alicyclic amines) is 1. The van der Waals surface area contributed by atoms with Gasteiger partial charge in [0.15, 0.2) is 0 Å². The molecule has 2 aliphatic heterocycles. The van der Waals surface area contributed by atoms with E-state index in [0.717, 1.165) is 42.9 Å². The zero-order chi connectivity index (χ0) is 22.5. The van der Waals surface area contributed by atoms with Gasteiger partial charge in [-0.25, -0.2) is 9.78 Å². The standard InChI is InChI=1S/C26H27N5O2/c32-26(29-22-5-2-11-27-18-22)31-14-9-20(10-15-31)16-21-4-1-6-24(17-21)33-25-8-7-23(19-28-25)30-12-3-13-30/h1-2,4-8,11,16-19H,3,9-10,12-15H2,(H,29,32). The van der Waals surface area contributed by atoms with Gasteiger partial charge in [0.05, 0.1) is 23.8 Å². The number of piperidine rings is 1. The summed E-state index contributed by atoms with van der Waals surface area (Å²) in [5.74, 6) is 1.36. The number of ether oxygens (including phenoxy) is 1. The third-order valence-corrected chi connectivity index (χ3v) is 6.00. The lowest BCUT2D eigenvalue weighted by atomic mass is 10.0. The maximum absolute atomic E-state index is 12.5. The number of carbonyl (C=O) groups is 1. The number of aromatic nitrogens is 2. The number of hydrogen-bond donors (Lipinski definition) is 1. The molecule has 4 heterocycles. The Morgan fingerprint density at radius 3 is 2.58 bits per heavy atom. The Balaban J connectivity index is 1.16. The molecule has 7 heteroatoms. The van der Waals surface area contributed by atoms with Crippen LogP contribution in [0, 0.1) is 0 Å². The van der Waals surface area contributed by atoms with E-state index >= 15 is 0 Å². The average molecular weight is 442 g/mol. The summed E-state index contributed by atoms with van der Waals surface area (Å²) in [7, 11) is 0. The van der Waals surface area contributed by atoms with Gasteiger partial charge in [-0.1, -0.05) is 23.8 Å². The van der Waals surface area contributed by atoms with Gasteiger partial charge >= 0.3 is 6.03 Å². The van der Waals surface area contributed by atoms with E-state index in [1.807, 2.05) is 47.5 Å². The molecule has 0 unspecified atom stereocenters. The lowest BCUT2D eigenvalue weighted by Gasteiger charge is -2.32. The van der Waals surface area contributed by atoms with Crippen LogP contribution >= 0.6 is 0 Å². The number of urea groups is 1. The number of anilines is 2. The Kier molecular flexibility index (Phi) is 6.19. The van der Waals surface area contributed by atoms with Crippen molar-refractivity contribution in [1.82, 2.24) is 14.9 Å². The Morgan fingerprint density at radius 2 is 1.88 bits per heavy atom. The van der Waals surface area contributed by atoms with Crippen LogP contribution in [0.2, 0.25) is 0 Å². The summed E-state index contributed by atoms with van der Waals surface area (Å²) in [5, 5.41) is 2.90. The first-order valence-corrected chi connectivity index (χ1v) is 11.4.